The Hall–Kier alpha value is 0.230. The van der Waals surface area contributed by atoms with E-state index in [4.69, 9.17) is 34.8 Å². The average molecular weight is 341 g/mol. The third-order valence-corrected chi connectivity index (χ3v) is 5.60. The highest BCUT2D eigenvalue weighted by molar-refractivity contribution is 7.20. The summed E-state index contributed by atoms with van der Waals surface area (Å²) in [5, 5.41) is 3.50. The van der Waals surface area contributed by atoms with E-state index in [1.807, 2.05) is 18.2 Å². The summed E-state index contributed by atoms with van der Waals surface area (Å²) in [6.45, 7) is 4.19. The van der Waals surface area contributed by atoms with Crippen molar-refractivity contribution in [3.05, 3.63) is 41.6 Å². The van der Waals surface area contributed by atoms with Gasteiger partial charge in [-0.05, 0) is 37.6 Å². The van der Waals surface area contributed by atoms with Gasteiger partial charge in [-0.2, -0.15) is 0 Å². The normalized spacial score (nSPS) is 14.7. The zero-order chi connectivity index (χ0) is 13.3. The summed E-state index contributed by atoms with van der Waals surface area (Å²) < 4.78 is 2.27. The van der Waals surface area contributed by atoms with Crippen LogP contribution in [0.3, 0.4) is 0 Å². The van der Waals surface area contributed by atoms with E-state index in [0.29, 0.717) is 0 Å². The van der Waals surface area contributed by atoms with E-state index in [1.165, 1.54) is 16.2 Å². The summed E-state index contributed by atoms with van der Waals surface area (Å²) in [4.78, 5) is 1.21. The minimum Gasteiger partial charge on any atom is -0.303 e. The predicted molar refractivity (Wildman–Crippen MR) is 83.6 cm³/mol. The van der Waals surface area contributed by atoms with Crippen molar-refractivity contribution in [2.45, 2.75) is 25.9 Å². The van der Waals surface area contributed by atoms with Gasteiger partial charge in [0, 0.05) is 17.0 Å². The summed E-state index contributed by atoms with van der Waals surface area (Å²) >= 11 is 21.0. The van der Waals surface area contributed by atoms with Crippen molar-refractivity contribution in [1.82, 2.24) is 5.32 Å². The Kier molecular flexibility index (Phi) is 4.98. The van der Waals surface area contributed by atoms with Gasteiger partial charge in [-0.15, -0.1) is 22.7 Å². The van der Waals surface area contributed by atoms with Crippen molar-refractivity contribution in [1.29, 1.82) is 0 Å². The summed E-state index contributed by atoms with van der Waals surface area (Å²) in [7, 11) is 0. The van der Waals surface area contributed by atoms with Crippen molar-refractivity contribution in [2.24, 2.45) is 0 Å². The standard InChI is InChI=1S/C12H12Cl3NS2/c1-6(8-5-11(14)18-12(8)15)16-7(2)9-3-4-10(13)17-9/h3-7,16H,1-2H3. The number of rotatable bonds is 4. The number of hydrogen-bond donors (Lipinski definition) is 1. The maximum absolute atomic E-state index is 6.15. The lowest BCUT2D eigenvalue weighted by atomic mass is 10.1. The van der Waals surface area contributed by atoms with E-state index < -0.39 is 0 Å². The van der Waals surface area contributed by atoms with E-state index in [0.717, 1.165) is 18.6 Å². The van der Waals surface area contributed by atoms with E-state index in [2.05, 4.69) is 19.2 Å². The quantitative estimate of drug-likeness (QED) is 0.700. The third-order valence-electron chi connectivity index (χ3n) is 2.67. The second kappa shape index (κ2) is 6.12. The highest BCUT2D eigenvalue weighted by Gasteiger charge is 2.17. The first kappa shape index (κ1) is 14.6. The topological polar surface area (TPSA) is 12.0 Å². The van der Waals surface area contributed by atoms with Crippen LogP contribution in [0.25, 0.3) is 0 Å². The van der Waals surface area contributed by atoms with Gasteiger partial charge in [0.1, 0.15) is 0 Å². The second-order valence-corrected chi connectivity index (χ2v) is 8.06. The van der Waals surface area contributed by atoms with Crippen LogP contribution in [0.5, 0.6) is 0 Å². The van der Waals surface area contributed by atoms with Gasteiger partial charge in [0.15, 0.2) is 0 Å². The minimum absolute atomic E-state index is 0.150. The molecule has 0 bridgehead atoms. The Balaban J connectivity index is 2.07. The molecule has 0 saturated heterocycles. The molecule has 0 spiro atoms. The first-order valence-corrected chi connectivity index (χ1v) is 8.20. The maximum atomic E-state index is 6.15. The lowest BCUT2D eigenvalue weighted by molar-refractivity contribution is 0.501. The molecule has 1 N–H and O–H groups in total. The van der Waals surface area contributed by atoms with Gasteiger partial charge >= 0.3 is 0 Å². The number of halogens is 3. The molecule has 2 unspecified atom stereocenters. The Bertz CT molecular complexity index is 535. The van der Waals surface area contributed by atoms with Gasteiger partial charge in [0.05, 0.1) is 13.0 Å². The summed E-state index contributed by atoms with van der Waals surface area (Å²) in [5.74, 6) is 0. The fourth-order valence-corrected chi connectivity index (χ4v) is 4.47. The van der Waals surface area contributed by atoms with E-state index in [-0.39, 0.29) is 12.1 Å². The fraction of sp³-hybridized carbons (Fsp3) is 0.333. The molecule has 98 valence electrons. The molecule has 6 heteroatoms. The molecular weight excluding hydrogens is 329 g/mol. The van der Waals surface area contributed by atoms with Crippen LogP contribution in [-0.4, -0.2) is 0 Å². The molecule has 0 aliphatic rings. The van der Waals surface area contributed by atoms with Crippen LogP contribution < -0.4 is 5.32 Å². The van der Waals surface area contributed by atoms with Crippen LogP contribution in [0.1, 0.15) is 36.4 Å². The lowest BCUT2D eigenvalue weighted by Crippen LogP contribution is -2.21. The summed E-state index contributed by atoms with van der Waals surface area (Å²) in [5.41, 5.74) is 1.04. The maximum Gasteiger partial charge on any atom is 0.0991 e. The van der Waals surface area contributed by atoms with Crippen LogP contribution >= 0.6 is 57.5 Å². The van der Waals surface area contributed by atoms with E-state index in [1.54, 1.807) is 11.3 Å². The second-order valence-electron chi connectivity index (χ2n) is 4.03. The van der Waals surface area contributed by atoms with Gasteiger partial charge < -0.3 is 5.32 Å². The van der Waals surface area contributed by atoms with Crippen LogP contribution in [-0.2, 0) is 0 Å². The molecule has 0 amide bonds. The predicted octanol–water partition coefficient (Wildman–Crippen LogP) is 6.18. The third kappa shape index (κ3) is 3.41. The number of thiophene rings is 2. The zero-order valence-electron chi connectivity index (χ0n) is 9.84. The molecule has 0 aliphatic heterocycles. The van der Waals surface area contributed by atoms with Crippen LogP contribution in [0, 0.1) is 0 Å². The van der Waals surface area contributed by atoms with Crippen molar-refractivity contribution >= 4 is 57.5 Å². The van der Waals surface area contributed by atoms with Crippen LogP contribution in [0.4, 0.5) is 0 Å². The van der Waals surface area contributed by atoms with Crippen molar-refractivity contribution < 1.29 is 0 Å². The monoisotopic (exact) mass is 339 g/mol. The van der Waals surface area contributed by atoms with E-state index >= 15 is 0 Å². The van der Waals surface area contributed by atoms with Crippen molar-refractivity contribution in [2.75, 3.05) is 0 Å². The van der Waals surface area contributed by atoms with Gasteiger partial charge in [-0.25, -0.2) is 0 Å². The van der Waals surface area contributed by atoms with Gasteiger partial charge in [0.2, 0.25) is 0 Å². The molecule has 0 radical (unpaired) electrons. The molecule has 2 aromatic rings. The SMILES string of the molecule is CC(NC(C)c1cc(Cl)sc1Cl)c1ccc(Cl)s1. The molecule has 2 atom stereocenters. The van der Waals surface area contributed by atoms with Gasteiger partial charge in [0.25, 0.3) is 0 Å². The van der Waals surface area contributed by atoms with Crippen LogP contribution in [0.2, 0.25) is 13.0 Å². The zero-order valence-corrected chi connectivity index (χ0v) is 13.7. The lowest BCUT2D eigenvalue weighted by Gasteiger charge is -2.18. The smallest absolute Gasteiger partial charge is 0.0991 e. The molecule has 18 heavy (non-hydrogen) atoms. The summed E-state index contributed by atoms with van der Waals surface area (Å²) in [6, 6.07) is 6.25. The Morgan fingerprint density at radius 1 is 1.00 bits per heavy atom. The number of hydrogen-bond acceptors (Lipinski definition) is 3. The molecule has 2 rings (SSSR count). The molecule has 0 saturated carbocycles. The average Bonchev–Trinajstić information content (AvgIpc) is 2.84. The fourth-order valence-electron chi connectivity index (χ4n) is 1.76. The molecule has 1 nitrogen and oxygen atoms in total. The highest BCUT2D eigenvalue weighted by Crippen LogP contribution is 2.36. The first-order valence-electron chi connectivity index (χ1n) is 5.43. The Morgan fingerprint density at radius 3 is 2.22 bits per heavy atom. The van der Waals surface area contributed by atoms with Gasteiger partial charge in [-0.3, -0.25) is 0 Å². The molecule has 2 heterocycles. The largest absolute Gasteiger partial charge is 0.303 e. The van der Waals surface area contributed by atoms with Crippen molar-refractivity contribution in [3.8, 4) is 0 Å². The molecular formula is C12H12Cl3NS2. The van der Waals surface area contributed by atoms with Gasteiger partial charge in [-0.1, -0.05) is 34.8 Å². The van der Waals surface area contributed by atoms with Crippen LogP contribution in [0.15, 0.2) is 18.2 Å². The molecule has 2 aromatic heterocycles. The highest BCUT2D eigenvalue weighted by atomic mass is 35.5. The Labute approximate surface area is 130 Å². The molecule has 0 aromatic carbocycles. The van der Waals surface area contributed by atoms with Crippen molar-refractivity contribution in [3.63, 3.8) is 0 Å². The van der Waals surface area contributed by atoms with E-state index in [9.17, 15) is 0 Å². The number of nitrogens with one attached hydrogen (secondary N) is 1. The minimum atomic E-state index is 0.150. The summed E-state index contributed by atoms with van der Waals surface area (Å²) in [6.07, 6.45) is 0. The molecule has 0 aliphatic carbocycles. The first-order chi connectivity index (χ1) is 8.47. The molecule has 0 fully saturated rings. The Morgan fingerprint density at radius 2 is 1.72 bits per heavy atom.